The number of fused-ring (bicyclic) bond motifs is 1. The Labute approximate surface area is 193 Å². The van der Waals surface area contributed by atoms with E-state index in [1.54, 1.807) is 42.6 Å². The predicted octanol–water partition coefficient (Wildman–Crippen LogP) is 4.63. The van der Waals surface area contributed by atoms with E-state index in [9.17, 15) is 13.5 Å². The lowest BCUT2D eigenvalue weighted by atomic mass is 10.1. The molecule has 0 fully saturated rings. The minimum Gasteiger partial charge on any atom is -0.508 e. The van der Waals surface area contributed by atoms with E-state index in [1.165, 1.54) is 0 Å². The maximum absolute atomic E-state index is 13.1. The zero-order chi connectivity index (χ0) is 23.6. The van der Waals surface area contributed by atoms with Gasteiger partial charge >= 0.3 is 0 Å². The summed E-state index contributed by atoms with van der Waals surface area (Å²) in [5, 5.41) is 10.2. The summed E-state index contributed by atoms with van der Waals surface area (Å²) < 4.78 is 29.0. The van der Waals surface area contributed by atoms with Gasteiger partial charge in [-0.25, -0.2) is 8.42 Å². The molecule has 3 aromatic carbocycles. The Morgan fingerprint density at radius 1 is 1.09 bits per heavy atom. The van der Waals surface area contributed by atoms with Crippen molar-refractivity contribution in [2.75, 3.05) is 28.9 Å². The van der Waals surface area contributed by atoms with Crippen molar-refractivity contribution < 1.29 is 13.5 Å². The Morgan fingerprint density at radius 2 is 1.85 bits per heavy atom. The Morgan fingerprint density at radius 3 is 2.61 bits per heavy atom. The fourth-order valence-electron chi connectivity index (χ4n) is 3.94. The van der Waals surface area contributed by atoms with Gasteiger partial charge in [0.2, 0.25) is 0 Å². The molecule has 172 valence electrons. The van der Waals surface area contributed by atoms with Crippen molar-refractivity contribution >= 4 is 38.0 Å². The van der Waals surface area contributed by atoms with Gasteiger partial charge in [0.25, 0.3) is 10.0 Å². The quantitative estimate of drug-likeness (QED) is 0.304. The van der Waals surface area contributed by atoms with Crippen LogP contribution in [0.2, 0.25) is 0 Å². The molecule has 7 nitrogen and oxygen atoms in total. The van der Waals surface area contributed by atoms with Gasteiger partial charge in [-0.05, 0) is 67.3 Å². The number of nitrogens with zero attached hydrogens (tertiary/aromatic N) is 1. The summed E-state index contributed by atoms with van der Waals surface area (Å²) >= 11 is 0. The van der Waals surface area contributed by atoms with Crippen molar-refractivity contribution in [3.63, 3.8) is 0 Å². The van der Waals surface area contributed by atoms with Crippen LogP contribution < -0.4 is 15.4 Å². The lowest BCUT2D eigenvalue weighted by Gasteiger charge is -2.20. The zero-order valence-corrected chi connectivity index (χ0v) is 19.5. The summed E-state index contributed by atoms with van der Waals surface area (Å²) in [4.78, 5) is 5.30. The molecule has 0 atom stereocenters. The predicted molar refractivity (Wildman–Crippen MR) is 134 cm³/mol. The van der Waals surface area contributed by atoms with Gasteiger partial charge in [0, 0.05) is 30.9 Å². The molecule has 4 rings (SSSR count). The summed E-state index contributed by atoms with van der Waals surface area (Å²) in [7, 11) is -1.85. The van der Waals surface area contributed by atoms with Crippen molar-refractivity contribution in [2.45, 2.75) is 24.7 Å². The number of phenolic OH excluding ortho intramolecular Hbond substituents is 1. The van der Waals surface area contributed by atoms with E-state index >= 15 is 0 Å². The molecular weight excluding hydrogens is 436 g/mol. The number of aromatic amines is 1. The maximum atomic E-state index is 13.1. The molecule has 0 saturated heterocycles. The van der Waals surface area contributed by atoms with Crippen LogP contribution in [0, 0.1) is 6.92 Å². The number of benzene rings is 3. The van der Waals surface area contributed by atoms with Crippen LogP contribution in [0.25, 0.3) is 10.9 Å². The fourth-order valence-corrected chi connectivity index (χ4v) is 5.05. The summed E-state index contributed by atoms with van der Waals surface area (Å²) in [6, 6.07) is 17.7. The molecular formula is C25H28N4O3S. The first-order chi connectivity index (χ1) is 15.7. The topological polar surface area (TPSA) is 111 Å². The summed E-state index contributed by atoms with van der Waals surface area (Å²) in [6.07, 6.45) is 3.43. The second-order valence-electron chi connectivity index (χ2n) is 8.22. The number of hydrogen-bond donors (Lipinski definition) is 4. The number of nitrogens with two attached hydrogens (primary N) is 1. The molecule has 0 saturated carbocycles. The van der Waals surface area contributed by atoms with E-state index in [0.717, 1.165) is 41.6 Å². The number of rotatable bonds is 8. The van der Waals surface area contributed by atoms with Gasteiger partial charge in [-0.3, -0.25) is 4.72 Å². The molecule has 0 radical (unpaired) electrons. The third kappa shape index (κ3) is 4.90. The third-order valence-corrected chi connectivity index (χ3v) is 7.15. The normalized spacial score (nSPS) is 11.6. The number of hydrogen-bond acceptors (Lipinski definition) is 5. The number of aryl methyl sites for hydroxylation is 2. The van der Waals surface area contributed by atoms with Crippen molar-refractivity contribution in [3.05, 3.63) is 78.0 Å². The largest absolute Gasteiger partial charge is 0.508 e. The van der Waals surface area contributed by atoms with Gasteiger partial charge in [0.1, 0.15) is 5.75 Å². The molecule has 1 heterocycles. The number of anilines is 3. The van der Waals surface area contributed by atoms with Crippen molar-refractivity contribution in [1.29, 1.82) is 0 Å². The first-order valence-electron chi connectivity index (χ1n) is 10.7. The highest BCUT2D eigenvalue weighted by atomic mass is 32.2. The Balaban J connectivity index is 1.48. The first kappa shape index (κ1) is 22.5. The van der Waals surface area contributed by atoms with E-state index in [2.05, 4.69) is 9.71 Å². The van der Waals surface area contributed by atoms with Gasteiger partial charge < -0.3 is 20.7 Å². The van der Waals surface area contributed by atoms with Gasteiger partial charge in [-0.1, -0.05) is 24.3 Å². The molecule has 0 amide bonds. The van der Waals surface area contributed by atoms with Crippen LogP contribution in [-0.2, 0) is 16.4 Å². The van der Waals surface area contributed by atoms with Gasteiger partial charge in [0.05, 0.1) is 21.8 Å². The van der Waals surface area contributed by atoms with E-state index in [0.29, 0.717) is 16.9 Å². The minimum absolute atomic E-state index is 0.193. The number of nitrogen functional groups attached to an aromatic ring is 1. The lowest BCUT2D eigenvalue weighted by Crippen LogP contribution is -2.20. The molecule has 0 aliphatic carbocycles. The van der Waals surface area contributed by atoms with E-state index in [4.69, 9.17) is 5.73 Å². The Hall–Kier alpha value is -3.65. The monoisotopic (exact) mass is 464 g/mol. The molecule has 1 aromatic heterocycles. The summed E-state index contributed by atoms with van der Waals surface area (Å²) in [6.45, 7) is 2.70. The number of sulfonamides is 1. The van der Waals surface area contributed by atoms with Crippen molar-refractivity contribution in [3.8, 4) is 5.75 Å². The second-order valence-corrected chi connectivity index (χ2v) is 9.90. The molecule has 0 aliphatic rings. The number of nitrogens with one attached hydrogen (secondary N) is 2. The standard InChI is InChI=1S/C25H28N4O3S/c1-17-8-13-23(25-24(17)22(26)16-27-25)28-33(31,32)21-7-3-6-19(15-21)29(2)14-4-5-18-9-11-20(30)12-10-18/h3,6-13,15-16,27-28,30H,4-5,14,26H2,1-2H3. The lowest BCUT2D eigenvalue weighted by molar-refractivity contribution is 0.475. The highest BCUT2D eigenvalue weighted by Gasteiger charge is 2.18. The van der Waals surface area contributed by atoms with Crippen LogP contribution in [0.15, 0.2) is 71.8 Å². The van der Waals surface area contributed by atoms with Crippen LogP contribution in [0.4, 0.5) is 17.1 Å². The second kappa shape index (κ2) is 9.07. The fraction of sp³-hybridized carbons (Fsp3) is 0.200. The number of phenols is 1. The highest BCUT2D eigenvalue weighted by Crippen LogP contribution is 2.31. The number of aromatic nitrogens is 1. The maximum Gasteiger partial charge on any atom is 0.262 e. The molecule has 0 bridgehead atoms. The first-order valence-corrected chi connectivity index (χ1v) is 12.2. The number of H-pyrrole nitrogens is 1. The van der Waals surface area contributed by atoms with Crippen LogP contribution in [0.3, 0.4) is 0 Å². The molecule has 33 heavy (non-hydrogen) atoms. The van der Waals surface area contributed by atoms with Crippen LogP contribution in [0.5, 0.6) is 5.75 Å². The molecule has 0 unspecified atom stereocenters. The Kier molecular flexibility index (Phi) is 6.20. The summed E-state index contributed by atoms with van der Waals surface area (Å²) in [5.74, 6) is 0.258. The highest BCUT2D eigenvalue weighted by molar-refractivity contribution is 7.92. The third-order valence-electron chi connectivity index (χ3n) is 5.78. The molecule has 0 aliphatic heterocycles. The smallest absolute Gasteiger partial charge is 0.262 e. The molecule has 0 spiro atoms. The molecule has 8 heteroatoms. The van der Waals surface area contributed by atoms with E-state index < -0.39 is 10.0 Å². The van der Waals surface area contributed by atoms with Gasteiger partial charge in [-0.2, -0.15) is 0 Å². The molecule has 5 N–H and O–H groups in total. The van der Waals surface area contributed by atoms with Crippen LogP contribution in [-0.4, -0.2) is 32.1 Å². The van der Waals surface area contributed by atoms with Crippen LogP contribution >= 0.6 is 0 Å². The SMILES string of the molecule is Cc1ccc(NS(=O)(=O)c2cccc(N(C)CCCc3ccc(O)cc3)c2)c2[nH]cc(N)c12. The Bertz CT molecular complexity index is 1380. The van der Waals surface area contributed by atoms with E-state index in [1.807, 2.05) is 43.1 Å². The van der Waals surface area contributed by atoms with Crippen LogP contribution in [0.1, 0.15) is 17.5 Å². The van der Waals surface area contributed by atoms with Crippen molar-refractivity contribution in [1.82, 2.24) is 4.98 Å². The molecule has 4 aromatic rings. The van der Waals surface area contributed by atoms with Gasteiger partial charge in [-0.15, -0.1) is 0 Å². The minimum atomic E-state index is -3.79. The average molecular weight is 465 g/mol. The van der Waals surface area contributed by atoms with E-state index in [-0.39, 0.29) is 10.6 Å². The summed E-state index contributed by atoms with van der Waals surface area (Å²) in [5.41, 5.74) is 10.7. The average Bonchev–Trinajstić information content (AvgIpc) is 3.20. The van der Waals surface area contributed by atoms with Crippen molar-refractivity contribution in [2.24, 2.45) is 0 Å². The zero-order valence-electron chi connectivity index (χ0n) is 18.7. The van der Waals surface area contributed by atoms with Gasteiger partial charge in [0.15, 0.2) is 0 Å². The number of aromatic hydroxyl groups is 1.